The number of fused-ring (bicyclic) bond motifs is 2. The fourth-order valence-corrected chi connectivity index (χ4v) is 3.51. The van der Waals surface area contributed by atoms with Gasteiger partial charge in [-0.25, -0.2) is 4.98 Å². The van der Waals surface area contributed by atoms with Crippen LogP contribution in [0.2, 0.25) is 0 Å². The van der Waals surface area contributed by atoms with Crippen molar-refractivity contribution in [3.63, 3.8) is 0 Å². The summed E-state index contributed by atoms with van der Waals surface area (Å²) in [4.78, 5) is 16.6. The van der Waals surface area contributed by atoms with Gasteiger partial charge in [-0.05, 0) is 43.4 Å². The Balaban J connectivity index is 1.24. The molecule has 3 aromatic rings. The van der Waals surface area contributed by atoms with Gasteiger partial charge in [0.2, 0.25) is 5.91 Å². The Morgan fingerprint density at radius 3 is 3.08 bits per heavy atom. The molecule has 6 nitrogen and oxygen atoms in total. The average molecular weight is 337 g/mol. The number of imidazole rings is 1. The maximum atomic E-state index is 12.1. The lowest BCUT2D eigenvalue weighted by Crippen LogP contribution is -2.26. The number of amides is 1. The molecule has 6 heteroatoms. The number of H-pyrrole nitrogens is 1. The molecule has 130 valence electrons. The van der Waals surface area contributed by atoms with Crippen molar-refractivity contribution in [1.82, 2.24) is 24.9 Å². The van der Waals surface area contributed by atoms with Crippen LogP contribution in [0.25, 0.3) is 5.65 Å². The van der Waals surface area contributed by atoms with E-state index >= 15 is 0 Å². The molecule has 0 fully saturated rings. The zero-order chi connectivity index (χ0) is 17.1. The van der Waals surface area contributed by atoms with Crippen LogP contribution in [0.1, 0.15) is 41.9 Å². The first-order valence-corrected chi connectivity index (χ1v) is 9.04. The molecule has 0 atom stereocenters. The molecule has 1 aliphatic rings. The number of carbonyl (C=O) groups is 1. The molecular weight excluding hydrogens is 314 g/mol. The summed E-state index contributed by atoms with van der Waals surface area (Å²) in [5.74, 6) is 0.0799. The van der Waals surface area contributed by atoms with E-state index in [4.69, 9.17) is 0 Å². The normalized spacial score (nSPS) is 13.8. The Morgan fingerprint density at radius 1 is 1.24 bits per heavy atom. The highest BCUT2D eigenvalue weighted by atomic mass is 16.1. The molecular formula is C19H23N5O. The molecule has 0 bridgehead atoms. The van der Waals surface area contributed by atoms with Crippen molar-refractivity contribution in [2.75, 3.05) is 6.54 Å². The monoisotopic (exact) mass is 337 g/mol. The van der Waals surface area contributed by atoms with Crippen LogP contribution in [0.15, 0.2) is 30.6 Å². The van der Waals surface area contributed by atoms with Gasteiger partial charge in [0, 0.05) is 43.9 Å². The van der Waals surface area contributed by atoms with Gasteiger partial charge in [0.05, 0.1) is 11.4 Å². The standard InChI is InChI=1S/C19H23N5O/c25-19(9-8-17-15-5-1-2-6-16(15)22-23-17)20-11-10-14-13-24-12-4-3-7-18(24)21-14/h3-4,7,12-13H,1-2,5-6,8-11H2,(H,20,25)(H,22,23). The zero-order valence-electron chi connectivity index (χ0n) is 14.3. The van der Waals surface area contributed by atoms with E-state index in [1.165, 1.54) is 24.1 Å². The molecule has 0 unspecified atom stereocenters. The van der Waals surface area contributed by atoms with Crippen LogP contribution in [-0.2, 0) is 30.5 Å². The van der Waals surface area contributed by atoms with Gasteiger partial charge in [-0.1, -0.05) is 6.07 Å². The van der Waals surface area contributed by atoms with Gasteiger partial charge in [0.15, 0.2) is 0 Å². The fraction of sp³-hybridized carbons (Fsp3) is 0.421. The predicted molar refractivity (Wildman–Crippen MR) is 95.5 cm³/mol. The first kappa shape index (κ1) is 15.9. The van der Waals surface area contributed by atoms with E-state index in [0.29, 0.717) is 19.4 Å². The summed E-state index contributed by atoms with van der Waals surface area (Å²) in [7, 11) is 0. The van der Waals surface area contributed by atoms with E-state index in [1.54, 1.807) is 0 Å². The van der Waals surface area contributed by atoms with E-state index in [1.807, 2.05) is 35.0 Å². The van der Waals surface area contributed by atoms with Gasteiger partial charge in [0.25, 0.3) is 0 Å². The summed E-state index contributed by atoms with van der Waals surface area (Å²) < 4.78 is 2.00. The van der Waals surface area contributed by atoms with Crippen LogP contribution < -0.4 is 5.32 Å². The molecule has 1 amide bonds. The first-order chi connectivity index (χ1) is 12.3. The number of aryl methyl sites for hydroxylation is 2. The van der Waals surface area contributed by atoms with Crippen molar-refractivity contribution in [1.29, 1.82) is 0 Å². The largest absolute Gasteiger partial charge is 0.356 e. The van der Waals surface area contributed by atoms with Crippen LogP contribution in [-0.4, -0.2) is 32.0 Å². The second kappa shape index (κ2) is 7.09. The van der Waals surface area contributed by atoms with Gasteiger partial charge in [-0.3, -0.25) is 9.89 Å². The van der Waals surface area contributed by atoms with Gasteiger partial charge in [-0.2, -0.15) is 5.10 Å². The van der Waals surface area contributed by atoms with Crippen molar-refractivity contribution in [2.24, 2.45) is 0 Å². The molecule has 2 N–H and O–H groups in total. The second-order valence-corrected chi connectivity index (χ2v) is 6.63. The highest BCUT2D eigenvalue weighted by Gasteiger charge is 2.17. The Bertz CT molecular complexity index is 846. The van der Waals surface area contributed by atoms with E-state index in [-0.39, 0.29) is 5.91 Å². The van der Waals surface area contributed by atoms with Gasteiger partial charge in [-0.15, -0.1) is 0 Å². The SMILES string of the molecule is O=C(CCc1n[nH]c2c1CCCC2)NCCc1cn2ccccc2n1. The highest BCUT2D eigenvalue weighted by molar-refractivity contribution is 5.76. The number of aromatic amines is 1. The van der Waals surface area contributed by atoms with Crippen LogP contribution in [0, 0.1) is 0 Å². The Morgan fingerprint density at radius 2 is 2.16 bits per heavy atom. The summed E-state index contributed by atoms with van der Waals surface area (Å²) in [6.45, 7) is 0.612. The van der Waals surface area contributed by atoms with Crippen LogP contribution in [0.3, 0.4) is 0 Å². The van der Waals surface area contributed by atoms with Crippen LogP contribution in [0.5, 0.6) is 0 Å². The third kappa shape index (κ3) is 3.57. The van der Waals surface area contributed by atoms with E-state index < -0.39 is 0 Å². The lowest BCUT2D eigenvalue weighted by Gasteiger charge is -2.11. The summed E-state index contributed by atoms with van der Waals surface area (Å²) >= 11 is 0. The minimum atomic E-state index is 0.0799. The zero-order valence-corrected chi connectivity index (χ0v) is 14.3. The van der Waals surface area contributed by atoms with Crippen LogP contribution in [0.4, 0.5) is 0 Å². The third-order valence-corrected chi connectivity index (χ3v) is 4.85. The number of hydrogen-bond donors (Lipinski definition) is 2. The fourth-order valence-electron chi connectivity index (χ4n) is 3.51. The molecule has 25 heavy (non-hydrogen) atoms. The average Bonchev–Trinajstić information content (AvgIpc) is 3.23. The van der Waals surface area contributed by atoms with Crippen molar-refractivity contribution < 1.29 is 4.79 Å². The smallest absolute Gasteiger partial charge is 0.220 e. The summed E-state index contributed by atoms with van der Waals surface area (Å²) in [6.07, 6.45) is 10.6. The summed E-state index contributed by atoms with van der Waals surface area (Å²) in [6, 6.07) is 5.93. The lowest BCUT2D eigenvalue weighted by atomic mass is 9.94. The van der Waals surface area contributed by atoms with E-state index in [9.17, 15) is 4.79 Å². The molecule has 1 aliphatic carbocycles. The quantitative estimate of drug-likeness (QED) is 0.724. The summed E-state index contributed by atoms with van der Waals surface area (Å²) in [5, 5.41) is 10.5. The van der Waals surface area contributed by atoms with Crippen molar-refractivity contribution in [2.45, 2.75) is 44.9 Å². The molecule has 0 spiro atoms. The predicted octanol–water partition coefficient (Wildman–Crippen LogP) is 2.23. The number of carbonyl (C=O) groups excluding carboxylic acids is 1. The van der Waals surface area contributed by atoms with E-state index in [0.717, 1.165) is 36.3 Å². The number of rotatable bonds is 6. The summed E-state index contributed by atoms with van der Waals surface area (Å²) in [5.41, 5.74) is 5.63. The third-order valence-electron chi connectivity index (χ3n) is 4.85. The first-order valence-electron chi connectivity index (χ1n) is 9.04. The second-order valence-electron chi connectivity index (χ2n) is 6.63. The number of aromatic nitrogens is 4. The van der Waals surface area contributed by atoms with Crippen molar-refractivity contribution in [3.05, 3.63) is 53.2 Å². The minimum Gasteiger partial charge on any atom is -0.356 e. The number of pyridine rings is 1. The minimum absolute atomic E-state index is 0.0799. The number of hydrogen-bond acceptors (Lipinski definition) is 3. The molecule has 3 aromatic heterocycles. The maximum absolute atomic E-state index is 12.1. The number of nitrogens with one attached hydrogen (secondary N) is 2. The lowest BCUT2D eigenvalue weighted by molar-refractivity contribution is -0.121. The van der Waals surface area contributed by atoms with Gasteiger partial charge >= 0.3 is 0 Å². The van der Waals surface area contributed by atoms with E-state index in [2.05, 4.69) is 20.5 Å². The molecule has 3 heterocycles. The van der Waals surface area contributed by atoms with Crippen molar-refractivity contribution >= 4 is 11.6 Å². The highest BCUT2D eigenvalue weighted by Crippen LogP contribution is 2.22. The molecule has 0 saturated carbocycles. The molecule has 0 aliphatic heterocycles. The Hall–Kier alpha value is -2.63. The molecule has 0 saturated heterocycles. The Labute approximate surface area is 146 Å². The van der Waals surface area contributed by atoms with Gasteiger partial charge < -0.3 is 9.72 Å². The molecule has 0 aromatic carbocycles. The van der Waals surface area contributed by atoms with Crippen LogP contribution >= 0.6 is 0 Å². The van der Waals surface area contributed by atoms with Crippen molar-refractivity contribution in [3.8, 4) is 0 Å². The Kier molecular flexibility index (Phi) is 4.50. The van der Waals surface area contributed by atoms with Gasteiger partial charge in [0.1, 0.15) is 5.65 Å². The number of nitrogens with zero attached hydrogens (tertiary/aromatic N) is 3. The maximum Gasteiger partial charge on any atom is 0.220 e. The molecule has 4 rings (SSSR count). The topological polar surface area (TPSA) is 75.1 Å². The molecule has 0 radical (unpaired) electrons.